The molecule has 1 aromatic rings. The van der Waals surface area contributed by atoms with Crippen molar-refractivity contribution in [3.05, 3.63) is 24.0 Å². The van der Waals surface area contributed by atoms with E-state index in [9.17, 15) is 9.90 Å². The summed E-state index contributed by atoms with van der Waals surface area (Å²) in [7, 11) is 0. The molecule has 1 rings (SSSR count). The number of ether oxygens (including phenoxy) is 1. The van der Waals surface area contributed by atoms with Crippen LogP contribution in [0, 0.1) is 0 Å². The fraction of sp³-hybridized carbons (Fsp3) is 0.333. The highest BCUT2D eigenvalue weighted by Crippen LogP contribution is 2.01. The molecule has 0 aliphatic carbocycles. The summed E-state index contributed by atoms with van der Waals surface area (Å²) in [5, 5.41) is 20.2. The summed E-state index contributed by atoms with van der Waals surface area (Å²) in [6.07, 6.45) is 3.90. The lowest BCUT2D eigenvalue weighted by Crippen LogP contribution is -2.11. The Labute approximate surface area is 92.1 Å². The Morgan fingerprint density at radius 3 is 2.69 bits per heavy atom. The van der Waals surface area contributed by atoms with Crippen LogP contribution in [0.2, 0.25) is 0 Å². The summed E-state index contributed by atoms with van der Waals surface area (Å²) in [4.78, 5) is 11.4. The Kier molecular flexibility index (Phi) is 4.19. The monoisotopic (exact) mass is 224 g/mol. The molecule has 0 atom stereocenters. The highest BCUT2D eigenvalue weighted by Gasteiger charge is 2.11. The second kappa shape index (κ2) is 5.64. The van der Waals surface area contributed by atoms with Crippen LogP contribution in [0.3, 0.4) is 0 Å². The van der Waals surface area contributed by atoms with E-state index in [0.29, 0.717) is 0 Å². The average Bonchev–Trinajstić information content (AvgIpc) is 2.70. The number of nitrogens with zero attached hydrogens (tertiary/aromatic N) is 4. The van der Waals surface area contributed by atoms with Crippen LogP contribution in [0.1, 0.15) is 13.8 Å². The van der Waals surface area contributed by atoms with E-state index in [0.717, 1.165) is 0 Å². The molecule has 0 aliphatic heterocycles. The number of hydrogen-bond donors (Lipinski definition) is 1. The van der Waals surface area contributed by atoms with Gasteiger partial charge in [-0.05, 0) is 13.8 Å². The Balaban J connectivity index is 2.82. The molecule has 1 aromatic heterocycles. The molecule has 7 nitrogen and oxygen atoms in total. The molecule has 0 fully saturated rings. The van der Waals surface area contributed by atoms with E-state index >= 15 is 0 Å². The number of esters is 1. The van der Waals surface area contributed by atoms with Crippen LogP contribution in [-0.2, 0) is 9.53 Å². The first-order valence-electron chi connectivity index (χ1n) is 4.61. The van der Waals surface area contributed by atoms with Crippen LogP contribution < -0.4 is 0 Å². The van der Waals surface area contributed by atoms with Gasteiger partial charge in [0.05, 0.1) is 12.8 Å². The molecular weight excluding hydrogens is 212 g/mol. The third-order valence-electron chi connectivity index (χ3n) is 1.61. The SMILES string of the molecule is CCOC(=O)C(/C=N/n1cnnc1)=C(\C)O. The van der Waals surface area contributed by atoms with E-state index in [4.69, 9.17) is 4.74 Å². The Morgan fingerprint density at radius 2 is 2.19 bits per heavy atom. The van der Waals surface area contributed by atoms with Gasteiger partial charge in [0, 0.05) is 0 Å². The normalized spacial score (nSPS) is 12.6. The zero-order valence-corrected chi connectivity index (χ0v) is 8.99. The van der Waals surface area contributed by atoms with Crippen molar-refractivity contribution in [3.63, 3.8) is 0 Å². The molecule has 0 amide bonds. The van der Waals surface area contributed by atoms with E-state index in [-0.39, 0.29) is 17.9 Å². The van der Waals surface area contributed by atoms with Crippen LogP contribution in [0.5, 0.6) is 0 Å². The van der Waals surface area contributed by atoms with Gasteiger partial charge in [-0.1, -0.05) is 0 Å². The number of carbonyl (C=O) groups excluding carboxylic acids is 1. The van der Waals surface area contributed by atoms with E-state index in [1.54, 1.807) is 6.92 Å². The Morgan fingerprint density at radius 1 is 1.56 bits per heavy atom. The van der Waals surface area contributed by atoms with Crippen LogP contribution >= 0.6 is 0 Å². The van der Waals surface area contributed by atoms with Gasteiger partial charge >= 0.3 is 5.97 Å². The number of aliphatic hydroxyl groups is 1. The van der Waals surface area contributed by atoms with Crippen LogP contribution in [0.15, 0.2) is 29.1 Å². The van der Waals surface area contributed by atoms with E-state index in [1.165, 1.54) is 30.5 Å². The molecule has 1 heterocycles. The fourth-order valence-electron chi connectivity index (χ4n) is 0.882. The molecule has 86 valence electrons. The van der Waals surface area contributed by atoms with Gasteiger partial charge in [0.2, 0.25) is 0 Å². The summed E-state index contributed by atoms with van der Waals surface area (Å²) in [6, 6.07) is 0. The summed E-state index contributed by atoms with van der Waals surface area (Å²) >= 11 is 0. The van der Waals surface area contributed by atoms with Crippen LogP contribution in [0.25, 0.3) is 0 Å². The van der Waals surface area contributed by atoms with Crippen molar-refractivity contribution < 1.29 is 14.6 Å². The number of hydrogen-bond acceptors (Lipinski definition) is 6. The predicted molar refractivity (Wildman–Crippen MR) is 55.9 cm³/mol. The number of allylic oxidation sites excluding steroid dienone is 1. The summed E-state index contributed by atoms with van der Waals surface area (Å²) in [6.45, 7) is 3.29. The van der Waals surface area contributed by atoms with Crippen molar-refractivity contribution in [1.29, 1.82) is 0 Å². The van der Waals surface area contributed by atoms with Gasteiger partial charge in [-0.15, -0.1) is 10.2 Å². The predicted octanol–water partition coefficient (Wildman–Crippen LogP) is 0.507. The Hall–Kier alpha value is -2.18. The quantitative estimate of drug-likeness (QED) is 0.348. The van der Waals surface area contributed by atoms with E-state index < -0.39 is 5.97 Å². The molecule has 7 heteroatoms. The zero-order valence-electron chi connectivity index (χ0n) is 8.99. The minimum Gasteiger partial charge on any atom is -0.512 e. The maximum atomic E-state index is 11.4. The van der Waals surface area contributed by atoms with Gasteiger partial charge in [-0.25, -0.2) is 9.47 Å². The van der Waals surface area contributed by atoms with E-state index in [1.807, 2.05) is 0 Å². The summed E-state index contributed by atoms with van der Waals surface area (Å²) in [5.41, 5.74) is -0.00412. The topological polar surface area (TPSA) is 89.6 Å². The lowest BCUT2D eigenvalue weighted by atomic mass is 10.2. The molecule has 0 bridgehead atoms. The molecule has 0 radical (unpaired) electrons. The zero-order chi connectivity index (χ0) is 12.0. The van der Waals surface area contributed by atoms with Gasteiger partial charge in [0.1, 0.15) is 24.0 Å². The largest absolute Gasteiger partial charge is 0.512 e. The van der Waals surface area contributed by atoms with Crippen LogP contribution in [-0.4, -0.2) is 38.8 Å². The maximum absolute atomic E-state index is 11.4. The van der Waals surface area contributed by atoms with Crippen molar-refractivity contribution in [1.82, 2.24) is 14.9 Å². The van der Waals surface area contributed by atoms with Gasteiger partial charge in [-0.2, -0.15) is 5.10 Å². The lowest BCUT2D eigenvalue weighted by molar-refractivity contribution is -0.138. The van der Waals surface area contributed by atoms with Crippen molar-refractivity contribution in [2.75, 3.05) is 6.61 Å². The highest BCUT2D eigenvalue weighted by molar-refractivity contribution is 6.09. The first-order chi connectivity index (χ1) is 7.65. The van der Waals surface area contributed by atoms with Crippen molar-refractivity contribution in [2.45, 2.75) is 13.8 Å². The minimum absolute atomic E-state index is 0.00412. The lowest BCUT2D eigenvalue weighted by Gasteiger charge is -2.02. The van der Waals surface area contributed by atoms with Crippen molar-refractivity contribution in [3.8, 4) is 0 Å². The highest BCUT2D eigenvalue weighted by atomic mass is 16.5. The molecule has 0 spiro atoms. The molecule has 0 unspecified atom stereocenters. The Bertz CT molecular complexity index is 404. The van der Waals surface area contributed by atoms with Gasteiger partial charge < -0.3 is 9.84 Å². The average molecular weight is 224 g/mol. The fourth-order valence-corrected chi connectivity index (χ4v) is 0.882. The first kappa shape index (κ1) is 11.9. The van der Waals surface area contributed by atoms with Gasteiger partial charge in [-0.3, -0.25) is 0 Å². The first-order valence-corrected chi connectivity index (χ1v) is 4.61. The third-order valence-corrected chi connectivity index (χ3v) is 1.61. The number of aromatic nitrogens is 3. The smallest absolute Gasteiger partial charge is 0.343 e. The number of rotatable bonds is 4. The molecule has 0 aliphatic rings. The molecule has 0 saturated heterocycles. The molecule has 16 heavy (non-hydrogen) atoms. The molecule has 1 N–H and O–H groups in total. The third kappa shape index (κ3) is 3.19. The number of carbonyl (C=O) groups is 1. The van der Waals surface area contributed by atoms with Gasteiger partial charge in [0.25, 0.3) is 0 Å². The summed E-state index contributed by atoms with van der Waals surface area (Å²) in [5.74, 6) is -0.783. The molecular formula is C9H12N4O3. The van der Waals surface area contributed by atoms with Crippen LogP contribution in [0.4, 0.5) is 0 Å². The van der Waals surface area contributed by atoms with Gasteiger partial charge in [0.15, 0.2) is 0 Å². The molecule has 0 saturated carbocycles. The maximum Gasteiger partial charge on any atom is 0.343 e. The minimum atomic E-state index is -0.626. The summed E-state index contributed by atoms with van der Waals surface area (Å²) < 4.78 is 6.04. The second-order valence-electron chi connectivity index (χ2n) is 2.81. The van der Waals surface area contributed by atoms with E-state index in [2.05, 4.69) is 15.3 Å². The standard InChI is InChI=1S/C9H12N4O3/c1-3-16-9(15)8(7(2)14)4-12-13-5-10-11-6-13/h4-6,14H,3H2,1-2H3/b8-7+,12-4+. The number of aliphatic hydroxyl groups excluding tert-OH is 1. The molecule has 0 aromatic carbocycles. The van der Waals surface area contributed by atoms with Crippen molar-refractivity contribution in [2.24, 2.45) is 5.10 Å². The second-order valence-corrected chi connectivity index (χ2v) is 2.81. The van der Waals surface area contributed by atoms with Crippen molar-refractivity contribution >= 4 is 12.2 Å².